The molecular weight excluding hydrogens is 1120 g/mol. The summed E-state index contributed by atoms with van der Waals surface area (Å²) in [6, 6.07) is 46.7. The van der Waals surface area contributed by atoms with E-state index in [9.17, 15) is 0 Å². The van der Waals surface area contributed by atoms with Crippen molar-refractivity contribution in [3.8, 4) is 12.1 Å². The molecule has 2 aliphatic heterocycles. The largest absolute Gasteiger partial charge is 0.317 e. The lowest BCUT2D eigenvalue weighted by Gasteiger charge is -2.39. The van der Waals surface area contributed by atoms with Gasteiger partial charge in [-0.2, -0.15) is 10.5 Å². The average molecular weight is 1200 g/mol. The van der Waals surface area contributed by atoms with Crippen molar-refractivity contribution in [3.63, 3.8) is 0 Å². The summed E-state index contributed by atoms with van der Waals surface area (Å²) in [6.45, 7) is 31.8. The van der Waals surface area contributed by atoms with Crippen LogP contribution in [-0.2, 0) is 26.1 Å². The third-order valence-electron chi connectivity index (χ3n) is 10.0. The second-order valence-electron chi connectivity index (χ2n) is 15.1. The van der Waals surface area contributed by atoms with E-state index in [0.29, 0.717) is 42.7 Å². The molecule has 3 atom stereocenters. The molecule has 0 bridgehead atoms. The molecule has 2 aliphatic rings. The molecule has 380 valence electrons. The highest BCUT2D eigenvalue weighted by Crippen LogP contribution is 2.17. The van der Waals surface area contributed by atoms with E-state index in [4.69, 9.17) is 23.7 Å². The van der Waals surface area contributed by atoms with Crippen LogP contribution in [0.2, 0.25) is 0 Å². The third kappa shape index (κ3) is 39.7. The summed E-state index contributed by atoms with van der Waals surface area (Å²) >= 11 is 12.0. The van der Waals surface area contributed by atoms with E-state index in [0.717, 1.165) is 64.2 Å². The Hall–Kier alpha value is -3.66. The molecule has 4 aromatic rings. The molecule has 0 aliphatic carbocycles. The maximum atomic E-state index is 8.07. The first kappa shape index (κ1) is 71.9. The number of nitrogens with zero attached hydrogens (tertiary/aromatic N) is 6. The van der Waals surface area contributed by atoms with Crippen LogP contribution in [0.4, 0.5) is 0 Å². The highest BCUT2D eigenvalue weighted by atomic mass is 80.9. The maximum Gasteiger partial charge on any atom is 0.231 e. The Bertz CT molecular complexity index is 1810. The molecule has 3 unspecified atom stereocenters. The number of nitrogens with one attached hydrogen (secondary N) is 2. The topological polar surface area (TPSA) is 86.8 Å². The van der Waals surface area contributed by atoms with Gasteiger partial charge in [0.25, 0.3) is 0 Å². The van der Waals surface area contributed by atoms with E-state index < -0.39 is 0 Å². The van der Waals surface area contributed by atoms with Crippen LogP contribution in [0.25, 0.3) is 9.69 Å². The summed E-state index contributed by atoms with van der Waals surface area (Å²) in [7, 11) is 0. The third-order valence-corrected chi connectivity index (χ3v) is 12.3. The zero-order valence-corrected chi connectivity index (χ0v) is 45.5. The van der Waals surface area contributed by atoms with Gasteiger partial charge in [0.2, 0.25) is 13.1 Å². The number of aryl methyl sites for hydroxylation is 1. The molecule has 2 fully saturated rings. The van der Waals surface area contributed by atoms with Gasteiger partial charge in [0.15, 0.2) is 0 Å². The Balaban J connectivity index is -0.000000408. The Morgan fingerprint density at radius 3 is 1.72 bits per heavy atom. The molecule has 6 rings (SSSR count). The summed E-state index contributed by atoms with van der Waals surface area (Å²) < 4.78 is 0. The van der Waals surface area contributed by atoms with Gasteiger partial charge in [-0.1, -0.05) is 195 Å². The zero-order chi connectivity index (χ0) is 48.7. The number of hydrogen-bond acceptors (Lipinski definition) is 6. The van der Waals surface area contributed by atoms with Crippen LogP contribution in [-0.4, -0.2) is 78.4 Å². The molecule has 8 nitrogen and oxygen atoms in total. The summed E-state index contributed by atoms with van der Waals surface area (Å²) in [5.74, 6) is 0.635. The first-order chi connectivity index (χ1) is 32.5. The predicted molar refractivity (Wildman–Crippen MR) is 315 cm³/mol. The lowest BCUT2D eigenvalue weighted by atomic mass is 10.0. The molecular formula is C57H84Br4N8. The van der Waals surface area contributed by atoms with Gasteiger partial charge in [-0.15, -0.1) is 6.58 Å². The number of piperidine rings is 1. The minimum absolute atomic E-state index is 0. The van der Waals surface area contributed by atoms with Gasteiger partial charge in [0.05, 0.1) is 24.6 Å². The number of alkyl halides is 2. The molecule has 0 aromatic heterocycles. The summed E-state index contributed by atoms with van der Waals surface area (Å²) in [4.78, 5) is 12.3. The molecule has 0 amide bonds. The van der Waals surface area contributed by atoms with E-state index in [2.05, 4.69) is 218 Å². The Labute approximate surface area is 454 Å². The van der Waals surface area contributed by atoms with E-state index in [1.165, 1.54) is 54.4 Å². The van der Waals surface area contributed by atoms with Gasteiger partial charge < -0.3 is 20.3 Å². The molecule has 0 saturated carbocycles. The lowest BCUT2D eigenvalue weighted by Crippen LogP contribution is -2.53. The van der Waals surface area contributed by atoms with E-state index in [-0.39, 0.29) is 22.3 Å². The Kier molecular flexibility index (Phi) is 55.9. The number of unbranched alkanes of at least 4 members (excludes halogenated alkanes) is 1. The second kappa shape index (κ2) is 53.7. The van der Waals surface area contributed by atoms with E-state index in [1.54, 1.807) is 6.08 Å². The fourth-order valence-corrected chi connectivity index (χ4v) is 7.10. The minimum Gasteiger partial charge on any atom is -0.317 e. The van der Waals surface area contributed by atoms with Crippen molar-refractivity contribution in [1.82, 2.24) is 20.4 Å². The van der Waals surface area contributed by atoms with Gasteiger partial charge in [-0.05, 0) is 67.4 Å². The first-order valence-corrected chi connectivity index (χ1v) is 28.6. The number of nitriles is 2. The Morgan fingerprint density at radius 2 is 1.29 bits per heavy atom. The number of rotatable bonds is 16. The average Bonchev–Trinajstić information content (AvgIpc) is 3.37. The summed E-state index contributed by atoms with van der Waals surface area (Å²) in [6.07, 6.45) is 8.78. The molecule has 2 heterocycles. The van der Waals surface area contributed by atoms with Crippen molar-refractivity contribution >= 4 is 60.1 Å². The van der Waals surface area contributed by atoms with Crippen molar-refractivity contribution in [2.45, 2.75) is 112 Å². The number of piperazine rings is 1. The standard InChI is InChI=1S/C20H23N3.C17H21N.C7H12N2.C4H5Br2N.C4H5N.C2H6.3CH4.Br2/c1-21-14-20-17-22(15-18-8-4-2-5-9-18)12-13-23(20)16-19-10-6-3-7-11-19;1-3-9-16(10-4-1)11-7-8-14-18-15-17-12-5-2-6-13-17;1-8-5-7-3-2-4-9-6-7;5-3-4(6)1-2-7;1-2-3-4-5;1-2;;;;1-2/h2-11,20H,12-17H2;1-6,9-10,12-13,18H,7-8,11,14-15H2;7,9H,2-6H2;4H,1,3H2;2H,1,3H2;1-2H3;3*1H4;. The maximum absolute atomic E-state index is 8.07. The normalized spacial score (nSPS) is 14.6. The number of halogens is 4. The number of hydrogen-bond donors (Lipinski definition) is 2. The molecule has 2 saturated heterocycles. The highest BCUT2D eigenvalue weighted by molar-refractivity contribution is 9.93. The van der Waals surface area contributed by atoms with Gasteiger partial charge in [0, 0.05) is 96.6 Å². The predicted octanol–water partition coefficient (Wildman–Crippen LogP) is 15.8. The molecule has 4 aromatic carbocycles. The number of allylic oxidation sites excluding steroid dienone is 1. The minimum atomic E-state index is 0. The second-order valence-corrected chi connectivity index (χ2v) is 17.0. The Morgan fingerprint density at radius 1 is 0.768 bits per heavy atom. The van der Waals surface area contributed by atoms with Gasteiger partial charge in [-0.25, -0.2) is 13.1 Å². The van der Waals surface area contributed by atoms with E-state index in [1.807, 2.05) is 26.0 Å². The van der Waals surface area contributed by atoms with Crippen LogP contribution in [0.5, 0.6) is 0 Å². The summed E-state index contributed by atoms with van der Waals surface area (Å²) in [5, 5.41) is 23.4. The van der Waals surface area contributed by atoms with Crippen molar-refractivity contribution in [2.75, 3.05) is 57.7 Å². The van der Waals surface area contributed by atoms with Gasteiger partial charge >= 0.3 is 0 Å². The van der Waals surface area contributed by atoms with Crippen molar-refractivity contribution in [2.24, 2.45) is 5.92 Å². The lowest BCUT2D eigenvalue weighted by molar-refractivity contribution is 0.0718. The fourth-order valence-electron chi connectivity index (χ4n) is 6.73. The van der Waals surface area contributed by atoms with Crippen LogP contribution in [0, 0.1) is 41.7 Å². The van der Waals surface area contributed by atoms with Crippen molar-refractivity contribution < 1.29 is 0 Å². The van der Waals surface area contributed by atoms with Crippen molar-refractivity contribution in [1.29, 1.82) is 10.5 Å². The number of benzene rings is 4. The molecule has 69 heavy (non-hydrogen) atoms. The molecule has 0 spiro atoms. The molecule has 2 N–H and O–H groups in total. The van der Waals surface area contributed by atoms with Crippen LogP contribution in [0.15, 0.2) is 134 Å². The van der Waals surface area contributed by atoms with Gasteiger partial charge in [0.1, 0.15) is 0 Å². The van der Waals surface area contributed by atoms with Crippen LogP contribution in [0.1, 0.15) is 96.9 Å². The molecule has 0 radical (unpaired) electrons. The fraction of sp³-hybridized carbons (Fsp3) is 0.474. The van der Waals surface area contributed by atoms with Crippen LogP contribution >= 0.6 is 60.1 Å². The summed E-state index contributed by atoms with van der Waals surface area (Å²) in [5.41, 5.74) is 5.49. The van der Waals surface area contributed by atoms with Crippen LogP contribution < -0.4 is 10.6 Å². The van der Waals surface area contributed by atoms with Crippen molar-refractivity contribution in [3.05, 3.63) is 179 Å². The SMILES string of the molecule is BrBr.C.C.C.C=CCC#N.CC.N#CCC(Br)CBr.[C-]#[N+]CC1CCCNC1.[C-]#[N+]CC1CN(Cc2ccccc2)CCN1Cc1ccccc1.c1ccc(CCCCNCc2ccccc2)cc1. The highest BCUT2D eigenvalue weighted by Gasteiger charge is 2.29. The first-order valence-electron chi connectivity index (χ1n) is 22.8. The monoisotopic (exact) mass is 1200 g/mol. The molecule has 12 heteroatoms. The van der Waals surface area contributed by atoms with E-state index >= 15 is 0 Å². The van der Waals surface area contributed by atoms with Crippen LogP contribution in [0.3, 0.4) is 0 Å². The smallest absolute Gasteiger partial charge is 0.231 e. The zero-order valence-electron chi connectivity index (χ0n) is 39.2. The quantitative estimate of drug-likeness (QED) is 0.0503. The van der Waals surface area contributed by atoms with Gasteiger partial charge in [-0.3, -0.25) is 9.80 Å².